The number of ether oxygens (including phenoxy) is 1. The Morgan fingerprint density at radius 2 is 1.54 bits per heavy atom. The largest absolute Gasteiger partial charge is 0.430 e. The Morgan fingerprint density at radius 1 is 1.04 bits per heavy atom. The summed E-state index contributed by atoms with van der Waals surface area (Å²) < 4.78 is 6.01. The van der Waals surface area contributed by atoms with Crippen molar-refractivity contribution in [3.05, 3.63) is 83.9 Å². The van der Waals surface area contributed by atoms with Gasteiger partial charge in [-0.05, 0) is 18.9 Å². The zero-order valence-electron chi connectivity index (χ0n) is 15.3. The van der Waals surface area contributed by atoms with E-state index in [1.54, 1.807) is 13.0 Å². The fourth-order valence-corrected chi connectivity index (χ4v) is 3.76. The van der Waals surface area contributed by atoms with Crippen molar-refractivity contribution >= 4 is 12.0 Å². The zero-order valence-corrected chi connectivity index (χ0v) is 15.3. The van der Waals surface area contributed by atoms with E-state index in [9.17, 15) is 9.59 Å². The highest BCUT2D eigenvalue weighted by Crippen LogP contribution is 2.47. The number of hydrogen-bond acceptors (Lipinski definition) is 3. The van der Waals surface area contributed by atoms with Gasteiger partial charge in [0.05, 0.1) is 6.04 Å². The summed E-state index contributed by atoms with van der Waals surface area (Å²) >= 11 is 0. The first kappa shape index (κ1) is 17.9. The lowest BCUT2D eigenvalue weighted by Crippen LogP contribution is -2.49. The van der Waals surface area contributed by atoms with Crippen LogP contribution in [-0.2, 0) is 15.1 Å². The van der Waals surface area contributed by atoms with Crippen LogP contribution in [0.2, 0.25) is 0 Å². The van der Waals surface area contributed by atoms with Crippen molar-refractivity contribution in [3.8, 4) is 0 Å². The fraction of sp³-hybridized carbons (Fsp3) is 0.273. The molecule has 26 heavy (non-hydrogen) atoms. The second kappa shape index (κ2) is 7.16. The average Bonchev–Trinajstić information content (AvgIpc) is 2.98. The molecule has 0 saturated carbocycles. The monoisotopic (exact) mass is 349 g/mol. The second-order valence-electron chi connectivity index (χ2n) is 6.73. The number of hydrogen-bond donors (Lipinski definition) is 0. The maximum atomic E-state index is 12.8. The van der Waals surface area contributed by atoms with E-state index in [4.69, 9.17) is 4.74 Å². The standard InChI is InChI=1S/C22H23NO3/c1-4-11-19(24)23-20(16(2)3)22(26-21(23)25,17-12-7-5-8-13-17)18-14-9-6-10-15-18/h4-16,20H,1-3H3/b11-4+/t20-/m0/s1. The molecule has 0 spiro atoms. The van der Waals surface area contributed by atoms with Crippen molar-refractivity contribution in [2.24, 2.45) is 5.92 Å². The summed E-state index contributed by atoms with van der Waals surface area (Å²) in [6.07, 6.45) is 2.43. The lowest BCUT2D eigenvalue weighted by atomic mass is 9.75. The minimum atomic E-state index is -1.04. The van der Waals surface area contributed by atoms with E-state index in [0.717, 1.165) is 11.1 Å². The fourth-order valence-electron chi connectivity index (χ4n) is 3.76. The van der Waals surface area contributed by atoms with Crippen LogP contribution in [0.25, 0.3) is 0 Å². The maximum absolute atomic E-state index is 12.8. The number of imide groups is 1. The maximum Gasteiger partial charge on any atom is 0.418 e. The Balaban J connectivity index is 2.26. The highest BCUT2D eigenvalue weighted by molar-refractivity contribution is 6.00. The molecule has 1 heterocycles. The molecule has 1 aliphatic heterocycles. The van der Waals surface area contributed by atoms with Crippen LogP contribution < -0.4 is 0 Å². The van der Waals surface area contributed by atoms with Crippen molar-refractivity contribution in [2.45, 2.75) is 32.4 Å². The van der Waals surface area contributed by atoms with E-state index >= 15 is 0 Å². The number of carbonyl (C=O) groups excluding carboxylic acids is 2. The lowest BCUT2D eigenvalue weighted by molar-refractivity contribution is -0.125. The molecule has 0 bridgehead atoms. The highest BCUT2D eigenvalue weighted by atomic mass is 16.6. The minimum Gasteiger partial charge on any atom is -0.430 e. The van der Waals surface area contributed by atoms with Gasteiger partial charge in [0.2, 0.25) is 0 Å². The van der Waals surface area contributed by atoms with E-state index in [-0.39, 0.29) is 11.8 Å². The molecule has 134 valence electrons. The summed E-state index contributed by atoms with van der Waals surface area (Å²) in [5, 5.41) is 0. The van der Waals surface area contributed by atoms with Crippen LogP contribution in [0.5, 0.6) is 0 Å². The molecule has 0 aliphatic carbocycles. The number of rotatable bonds is 4. The number of carbonyl (C=O) groups is 2. The molecule has 2 aromatic carbocycles. The first-order chi connectivity index (χ1) is 12.5. The molecule has 0 radical (unpaired) electrons. The van der Waals surface area contributed by atoms with Gasteiger partial charge >= 0.3 is 6.09 Å². The molecular formula is C22H23NO3. The molecule has 2 aromatic rings. The Hall–Kier alpha value is -2.88. The third-order valence-corrected chi connectivity index (χ3v) is 4.72. The van der Waals surface area contributed by atoms with Crippen molar-refractivity contribution in [3.63, 3.8) is 0 Å². The number of amides is 2. The van der Waals surface area contributed by atoms with Crippen LogP contribution in [0.4, 0.5) is 4.79 Å². The first-order valence-corrected chi connectivity index (χ1v) is 8.82. The van der Waals surface area contributed by atoms with E-state index < -0.39 is 17.7 Å². The quantitative estimate of drug-likeness (QED) is 0.763. The van der Waals surface area contributed by atoms with Crippen LogP contribution in [0.1, 0.15) is 31.9 Å². The Labute approximate surface area is 154 Å². The third-order valence-electron chi connectivity index (χ3n) is 4.72. The molecule has 2 amide bonds. The SMILES string of the molecule is C/C=C/C(=O)N1C(=O)OC(c2ccccc2)(c2ccccc2)[C@@H]1C(C)C. The van der Waals surface area contributed by atoms with E-state index in [1.165, 1.54) is 11.0 Å². The number of allylic oxidation sites excluding steroid dienone is 1. The van der Waals surface area contributed by atoms with Crippen molar-refractivity contribution in [1.29, 1.82) is 0 Å². The van der Waals surface area contributed by atoms with Gasteiger partial charge in [0.1, 0.15) is 0 Å². The second-order valence-corrected chi connectivity index (χ2v) is 6.73. The molecule has 1 fully saturated rings. The molecular weight excluding hydrogens is 326 g/mol. The van der Waals surface area contributed by atoms with Gasteiger partial charge < -0.3 is 4.74 Å². The summed E-state index contributed by atoms with van der Waals surface area (Å²) in [5.41, 5.74) is 0.674. The molecule has 0 aromatic heterocycles. The Bertz CT molecular complexity index is 772. The van der Waals surface area contributed by atoms with Gasteiger partial charge in [-0.25, -0.2) is 9.69 Å². The minimum absolute atomic E-state index is 0.00364. The zero-order chi connectivity index (χ0) is 18.7. The summed E-state index contributed by atoms with van der Waals surface area (Å²) in [5.74, 6) is -0.360. The van der Waals surface area contributed by atoms with Crippen molar-refractivity contribution in [2.75, 3.05) is 0 Å². The van der Waals surface area contributed by atoms with Crippen molar-refractivity contribution in [1.82, 2.24) is 4.90 Å². The molecule has 1 atom stereocenters. The highest BCUT2D eigenvalue weighted by Gasteiger charge is 2.58. The van der Waals surface area contributed by atoms with Gasteiger partial charge in [0.25, 0.3) is 5.91 Å². The summed E-state index contributed by atoms with van der Waals surface area (Å²) in [4.78, 5) is 26.7. The smallest absolute Gasteiger partial charge is 0.418 e. The van der Waals surface area contributed by atoms with E-state index in [2.05, 4.69) is 0 Å². The number of benzene rings is 2. The third kappa shape index (κ3) is 2.81. The first-order valence-electron chi connectivity index (χ1n) is 8.82. The van der Waals surface area contributed by atoms with Crippen LogP contribution >= 0.6 is 0 Å². The topological polar surface area (TPSA) is 46.6 Å². The predicted molar refractivity (Wildman–Crippen MR) is 100 cm³/mol. The Kier molecular flexibility index (Phi) is 4.94. The van der Waals surface area contributed by atoms with Crippen LogP contribution in [0.3, 0.4) is 0 Å². The van der Waals surface area contributed by atoms with Gasteiger partial charge in [-0.2, -0.15) is 0 Å². The molecule has 1 aliphatic rings. The van der Waals surface area contributed by atoms with Gasteiger partial charge in [-0.1, -0.05) is 80.6 Å². The van der Waals surface area contributed by atoms with Gasteiger partial charge in [0.15, 0.2) is 5.60 Å². The number of nitrogens with zero attached hydrogens (tertiary/aromatic N) is 1. The van der Waals surface area contributed by atoms with E-state index in [1.807, 2.05) is 74.5 Å². The summed E-state index contributed by atoms with van der Waals surface area (Å²) in [6, 6.07) is 18.8. The van der Waals surface area contributed by atoms with Crippen LogP contribution in [0.15, 0.2) is 72.8 Å². The average molecular weight is 349 g/mol. The summed E-state index contributed by atoms with van der Waals surface area (Å²) in [6.45, 7) is 5.76. The molecule has 0 N–H and O–H groups in total. The molecule has 0 unspecified atom stereocenters. The molecule has 3 rings (SSSR count). The van der Waals surface area contributed by atoms with Gasteiger partial charge in [-0.3, -0.25) is 4.79 Å². The van der Waals surface area contributed by atoms with Gasteiger partial charge in [-0.15, -0.1) is 0 Å². The number of cyclic esters (lactones) is 1. The normalized spacial score (nSPS) is 19.2. The van der Waals surface area contributed by atoms with E-state index in [0.29, 0.717) is 0 Å². The molecule has 1 saturated heterocycles. The molecule has 4 heteroatoms. The van der Waals surface area contributed by atoms with Gasteiger partial charge in [0, 0.05) is 11.1 Å². The lowest BCUT2D eigenvalue weighted by Gasteiger charge is -2.37. The Morgan fingerprint density at radius 3 is 1.96 bits per heavy atom. The predicted octanol–water partition coefficient (Wildman–Crippen LogP) is 4.51. The van der Waals surface area contributed by atoms with Crippen LogP contribution in [0, 0.1) is 5.92 Å². The summed E-state index contributed by atoms with van der Waals surface area (Å²) in [7, 11) is 0. The van der Waals surface area contributed by atoms with Crippen LogP contribution in [-0.4, -0.2) is 22.9 Å². The molecule has 4 nitrogen and oxygen atoms in total. The van der Waals surface area contributed by atoms with Crippen molar-refractivity contribution < 1.29 is 14.3 Å².